The van der Waals surface area contributed by atoms with Crippen molar-refractivity contribution in [2.45, 2.75) is 25.2 Å². The summed E-state index contributed by atoms with van der Waals surface area (Å²) in [6, 6.07) is 6.76. The third-order valence-electron chi connectivity index (χ3n) is 2.66. The van der Waals surface area contributed by atoms with Crippen LogP contribution in [0.5, 0.6) is 0 Å². The molecule has 0 bridgehead atoms. The van der Waals surface area contributed by atoms with E-state index >= 15 is 0 Å². The van der Waals surface area contributed by atoms with Crippen LogP contribution in [0.2, 0.25) is 0 Å². The van der Waals surface area contributed by atoms with Crippen molar-refractivity contribution in [2.75, 3.05) is 19.6 Å². The number of hydrogen-bond donors (Lipinski definition) is 2. The molecular weight excluding hydrogens is 298 g/mol. The molecule has 0 aromatic heterocycles. The number of nitrogens with zero attached hydrogens (tertiary/aromatic N) is 1. The summed E-state index contributed by atoms with van der Waals surface area (Å²) in [6.07, 6.45) is 1.00. The number of hydrogen-bond acceptors (Lipinski definition) is 4. The Morgan fingerprint density at radius 3 is 2.55 bits per heavy atom. The van der Waals surface area contributed by atoms with Crippen LogP contribution in [-0.4, -0.2) is 28.1 Å². The van der Waals surface area contributed by atoms with E-state index < -0.39 is 10.0 Å². The van der Waals surface area contributed by atoms with Crippen LogP contribution in [0.25, 0.3) is 0 Å². The number of nitriles is 1. The molecule has 0 fully saturated rings. The van der Waals surface area contributed by atoms with E-state index in [1.165, 1.54) is 6.07 Å². The van der Waals surface area contributed by atoms with Crippen molar-refractivity contribution in [2.24, 2.45) is 0 Å². The van der Waals surface area contributed by atoms with Gasteiger partial charge >= 0.3 is 0 Å². The molecule has 112 valence electrons. The van der Waals surface area contributed by atoms with Gasteiger partial charge in [0, 0.05) is 13.1 Å². The third kappa shape index (κ3) is 5.10. The summed E-state index contributed by atoms with van der Waals surface area (Å²) in [5.41, 5.74) is 0.867. The van der Waals surface area contributed by atoms with Crippen LogP contribution in [0.15, 0.2) is 23.1 Å². The molecule has 0 saturated carbocycles. The molecule has 5 nitrogen and oxygen atoms in total. The highest BCUT2D eigenvalue weighted by Gasteiger charge is 2.18. The maximum absolute atomic E-state index is 12.1. The molecular formula is C13H20ClN3O2S. The molecule has 1 aromatic carbocycles. The van der Waals surface area contributed by atoms with E-state index in [-0.39, 0.29) is 22.9 Å². The minimum Gasteiger partial charge on any atom is -0.315 e. The van der Waals surface area contributed by atoms with Crippen LogP contribution in [0, 0.1) is 18.3 Å². The molecule has 1 rings (SSSR count). The second-order valence-corrected chi connectivity index (χ2v) is 5.94. The molecule has 0 unspecified atom stereocenters. The summed E-state index contributed by atoms with van der Waals surface area (Å²) >= 11 is 0. The maximum Gasteiger partial charge on any atom is 0.241 e. The van der Waals surface area contributed by atoms with Crippen LogP contribution >= 0.6 is 12.4 Å². The first kappa shape index (κ1) is 18.9. The van der Waals surface area contributed by atoms with E-state index in [0.29, 0.717) is 18.7 Å². The molecule has 0 atom stereocenters. The van der Waals surface area contributed by atoms with E-state index in [1.54, 1.807) is 19.1 Å². The first-order valence-electron chi connectivity index (χ1n) is 6.23. The fraction of sp³-hybridized carbons (Fsp3) is 0.462. The largest absolute Gasteiger partial charge is 0.315 e. The Hall–Kier alpha value is -1.13. The highest BCUT2D eigenvalue weighted by molar-refractivity contribution is 7.89. The van der Waals surface area contributed by atoms with E-state index in [9.17, 15) is 8.42 Å². The lowest BCUT2D eigenvalue weighted by atomic mass is 10.1. The van der Waals surface area contributed by atoms with Gasteiger partial charge in [0.2, 0.25) is 10.0 Å². The summed E-state index contributed by atoms with van der Waals surface area (Å²) in [7, 11) is -3.63. The predicted octanol–water partition coefficient (Wildman–Crippen LogP) is 1.57. The van der Waals surface area contributed by atoms with Crippen LogP contribution in [0.3, 0.4) is 0 Å². The van der Waals surface area contributed by atoms with Crippen molar-refractivity contribution in [1.82, 2.24) is 10.0 Å². The Balaban J connectivity index is 0.00000361. The monoisotopic (exact) mass is 317 g/mol. The fourth-order valence-electron chi connectivity index (χ4n) is 1.66. The molecule has 0 spiro atoms. The Kier molecular flexibility index (Phi) is 8.42. The van der Waals surface area contributed by atoms with Gasteiger partial charge in [0.05, 0.1) is 10.5 Å². The predicted molar refractivity (Wildman–Crippen MR) is 81.5 cm³/mol. The average Bonchev–Trinajstić information content (AvgIpc) is 2.38. The first-order chi connectivity index (χ1) is 9.03. The highest BCUT2D eigenvalue weighted by Crippen LogP contribution is 2.17. The van der Waals surface area contributed by atoms with Gasteiger partial charge in [-0.1, -0.05) is 19.1 Å². The Morgan fingerprint density at radius 2 is 1.95 bits per heavy atom. The van der Waals surface area contributed by atoms with Crippen molar-refractivity contribution < 1.29 is 8.42 Å². The molecule has 0 heterocycles. The summed E-state index contributed by atoms with van der Waals surface area (Å²) in [5, 5.41) is 12.2. The topological polar surface area (TPSA) is 82.0 Å². The SMILES string of the molecule is CCCNCCNS(=O)(=O)c1cccc(C)c1C#N.Cl. The van der Waals surface area contributed by atoms with Crippen molar-refractivity contribution in [3.63, 3.8) is 0 Å². The standard InChI is InChI=1S/C13H19N3O2S.ClH/c1-3-7-15-8-9-16-19(17,18)13-6-4-5-11(2)12(13)10-14;/h4-6,15-16H,3,7-9H2,1-2H3;1H. The number of sulfonamides is 1. The Bertz CT molecular complexity index is 567. The Morgan fingerprint density at radius 1 is 1.25 bits per heavy atom. The average molecular weight is 318 g/mol. The zero-order valence-corrected chi connectivity index (χ0v) is 13.3. The van der Waals surface area contributed by atoms with Gasteiger partial charge in [-0.15, -0.1) is 12.4 Å². The van der Waals surface area contributed by atoms with Gasteiger partial charge < -0.3 is 5.32 Å². The van der Waals surface area contributed by atoms with Crippen LogP contribution in [0.1, 0.15) is 24.5 Å². The minimum atomic E-state index is -3.63. The van der Waals surface area contributed by atoms with Crippen molar-refractivity contribution in [1.29, 1.82) is 5.26 Å². The van der Waals surface area contributed by atoms with Gasteiger partial charge in [-0.3, -0.25) is 0 Å². The van der Waals surface area contributed by atoms with Crippen molar-refractivity contribution in [3.05, 3.63) is 29.3 Å². The zero-order chi connectivity index (χ0) is 14.3. The van der Waals surface area contributed by atoms with E-state index in [4.69, 9.17) is 5.26 Å². The smallest absolute Gasteiger partial charge is 0.241 e. The van der Waals surface area contributed by atoms with E-state index in [1.807, 2.05) is 13.0 Å². The molecule has 0 aliphatic rings. The van der Waals surface area contributed by atoms with Gasteiger partial charge in [-0.25, -0.2) is 13.1 Å². The number of rotatable bonds is 7. The quantitative estimate of drug-likeness (QED) is 0.748. The van der Waals surface area contributed by atoms with Crippen molar-refractivity contribution in [3.8, 4) is 6.07 Å². The lowest BCUT2D eigenvalue weighted by Gasteiger charge is -2.09. The summed E-state index contributed by atoms with van der Waals surface area (Å²) in [4.78, 5) is 0.0468. The molecule has 0 aliphatic carbocycles. The number of aryl methyl sites for hydroxylation is 1. The third-order valence-corrected chi connectivity index (χ3v) is 4.16. The van der Waals surface area contributed by atoms with Gasteiger partial charge in [-0.05, 0) is 31.5 Å². The first-order valence-corrected chi connectivity index (χ1v) is 7.71. The fourth-order valence-corrected chi connectivity index (χ4v) is 2.92. The number of benzene rings is 1. The van der Waals surface area contributed by atoms with E-state index in [0.717, 1.165) is 13.0 Å². The van der Waals surface area contributed by atoms with Crippen molar-refractivity contribution >= 4 is 22.4 Å². The summed E-state index contributed by atoms with van der Waals surface area (Å²) < 4.78 is 26.7. The van der Waals surface area contributed by atoms with Crippen LogP contribution in [-0.2, 0) is 10.0 Å². The molecule has 0 amide bonds. The maximum atomic E-state index is 12.1. The molecule has 0 saturated heterocycles. The van der Waals surface area contributed by atoms with Crippen LogP contribution < -0.4 is 10.0 Å². The summed E-state index contributed by atoms with van der Waals surface area (Å²) in [6.45, 7) is 5.50. The molecule has 0 radical (unpaired) electrons. The molecule has 0 aliphatic heterocycles. The van der Waals surface area contributed by atoms with Gasteiger partial charge in [-0.2, -0.15) is 5.26 Å². The van der Waals surface area contributed by atoms with Gasteiger partial charge in [0.1, 0.15) is 6.07 Å². The van der Waals surface area contributed by atoms with Gasteiger partial charge in [0.15, 0.2) is 0 Å². The lowest BCUT2D eigenvalue weighted by molar-refractivity contribution is 0.575. The molecule has 7 heteroatoms. The van der Waals surface area contributed by atoms with Crippen LogP contribution in [0.4, 0.5) is 0 Å². The second-order valence-electron chi connectivity index (χ2n) is 4.21. The molecule has 2 N–H and O–H groups in total. The Labute approximate surface area is 126 Å². The van der Waals surface area contributed by atoms with Gasteiger partial charge in [0.25, 0.3) is 0 Å². The zero-order valence-electron chi connectivity index (χ0n) is 11.6. The summed E-state index contributed by atoms with van der Waals surface area (Å²) in [5.74, 6) is 0. The lowest BCUT2D eigenvalue weighted by Crippen LogP contribution is -2.32. The van der Waals surface area contributed by atoms with E-state index in [2.05, 4.69) is 10.0 Å². The highest BCUT2D eigenvalue weighted by atomic mass is 35.5. The molecule has 1 aromatic rings. The second kappa shape index (κ2) is 8.93. The normalized spacial score (nSPS) is 10.7. The molecule has 20 heavy (non-hydrogen) atoms. The number of halogens is 1. The number of nitrogens with one attached hydrogen (secondary N) is 2. The minimum absolute atomic E-state index is 0.